The van der Waals surface area contributed by atoms with E-state index in [1.807, 2.05) is 37.3 Å². The van der Waals surface area contributed by atoms with Gasteiger partial charge in [-0.1, -0.05) is 48.5 Å². The van der Waals surface area contributed by atoms with Crippen LogP contribution in [0.2, 0.25) is 0 Å². The van der Waals surface area contributed by atoms with E-state index < -0.39 is 18.5 Å². The third-order valence-corrected chi connectivity index (χ3v) is 3.47. The second kappa shape index (κ2) is 9.22. The maximum absolute atomic E-state index is 11.8. The van der Waals surface area contributed by atoms with Gasteiger partial charge < -0.3 is 15.4 Å². The summed E-state index contributed by atoms with van der Waals surface area (Å²) in [5, 5.41) is 5.18. The molecule has 0 heterocycles. The summed E-state index contributed by atoms with van der Waals surface area (Å²) in [4.78, 5) is 35.2. The lowest BCUT2D eigenvalue weighted by atomic mass is 10.1. The molecule has 0 aliphatic carbocycles. The van der Waals surface area contributed by atoms with E-state index in [0.717, 1.165) is 5.56 Å². The van der Waals surface area contributed by atoms with E-state index in [0.29, 0.717) is 5.56 Å². The van der Waals surface area contributed by atoms with E-state index in [9.17, 15) is 14.4 Å². The Morgan fingerprint density at radius 2 is 1.56 bits per heavy atom. The predicted molar refractivity (Wildman–Crippen MR) is 92.7 cm³/mol. The number of ether oxygens (including phenoxy) is 1. The molecule has 0 bridgehead atoms. The van der Waals surface area contributed by atoms with Crippen molar-refractivity contribution in [3.63, 3.8) is 0 Å². The summed E-state index contributed by atoms with van der Waals surface area (Å²) in [7, 11) is 0. The van der Waals surface area contributed by atoms with Crippen molar-refractivity contribution in [3.8, 4) is 0 Å². The summed E-state index contributed by atoms with van der Waals surface area (Å²) in [6.07, 6.45) is 0. The Morgan fingerprint density at radius 3 is 2.20 bits per heavy atom. The van der Waals surface area contributed by atoms with E-state index in [2.05, 4.69) is 10.6 Å². The molecule has 2 aromatic carbocycles. The van der Waals surface area contributed by atoms with E-state index in [-0.39, 0.29) is 18.5 Å². The van der Waals surface area contributed by atoms with E-state index in [1.54, 1.807) is 30.3 Å². The summed E-state index contributed by atoms with van der Waals surface area (Å²) >= 11 is 0. The molecule has 0 spiro atoms. The number of rotatable bonds is 7. The Balaban J connectivity index is 1.69. The summed E-state index contributed by atoms with van der Waals surface area (Å²) in [6.45, 7) is 1.15. The highest BCUT2D eigenvalue weighted by molar-refractivity contribution is 5.96. The number of benzene rings is 2. The van der Waals surface area contributed by atoms with Gasteiger partial charge in [0.05, 0.1) is 6.04 Å². The maximum atomic E-state index is 11.8. The van der Waals surface area contributed by atoms with Crippen molar-refractivity contribution in [1.82, 2.24) is 10.6 Å². The molecule has 0 saturated carbocycles. The van der Waals surface area contributed by atoms with E-state index in [1.165, 1.54) is 0 Å². The van der Waals surface area contributed by atoms with E-state index in [4.69, 9.17) is 4.74 Å². The molecule has 2 N–H and O–H groups in total. The van der Waals surface area contributed by atoms with Crippen LogP contribution in [0.3, 0.4) is 0 Å². The summed E-state index contributed by atoms with van der Waals surface area (Å²) < 4.78 is 4.86. The minimum Gasteiger partial charge on any atom is -0.454 e. The fraction of sp³-hybridized carbons (Fsp3) is 0.211. The second-order valence-electron chi connectivity index (χ2n) is 5.41. The number of carbonyl (C=O) groups excluding carboxylic acids is 3. The number of hydrogen-bond donors (Lipinski definition) is 2. The van der Waals surface area contributed by atoms with Gasteiger partial charge in [-0.25, -0.2) is 0 Å². The van der Waals surface area contributed by atoms with Crippen LogP contribution in [0.15, 0.2) is 60.7 Å². The van der Waals surface area contributed by atoms with Gasteiger partial charge in [0.25, 0.3) is 11.8 Å². The summed E-state index contributed by atoms with van der Waals surface area (Å²) in [5.74, 6) is -1.45. The maximum Gasteiger partial charge on any atom is 0.325 e. The fourth-order valence-corrected chi connectivity index (χ4v) is 2.15. The molecule has 0 aliphatic heterocycles. The Bertz CT molecular complexity index is 717. The SMILES string of the molecule is CC(NC(=O)COC(=O)CNC(=O)c1ccccc1)c1ccccc1. The number of amides is 2. The molecule has 1 atom stereocenters. The van der Waals surface area contributed by atoms with Gasteiger partial charge in [0.1, 0.15) is 6.54 Å². The predicted octanol–water partition coefficient (Wildman–Crippen LogP) is 1.84. The van der Waals surface area contributed by atoms with Crippen LogP contribution in [0.5, 0.6) is 0 Å². The van der Waals surface area contributed by atoms with Crippen LogP contribution in [0.25, 0.3) is 0 Å². The molecule has 130 valence electrons. The Labute approximate surface area is 146 Å². The van der Waals surface area contributed by atoms with Crippen molar-refractivity contribution in [3.05, 3.63) is 71.8 Å². The van der Waals surface area contributed by atoms with Gasteiger partial charge in [-0.05, 0) is 24.6 Å². The number of esters is 1. The van der Waals surface area contributed by atoms with E-state index >= 15 is 0 Å². The van der Waals surface area contributed by atoms with Gasteiger partial charge >= 0.3 is 5.97 Å². The highest BCUT2D eigenvalue weighted by Crippen LogP contribution is 2.10. The van der Waals surface area contributed by atoms with Crippen molar-refractivity contribution in [2.45, 2.75) is 13.0 Å². The van der Waals surface area contributed by atoms with Crippen LogP contribution in [0.4, 0.5) is 0 Å². The molecule has 0 aromatic heterocycles. The molecule has 0 aliphatic rings. The zero-order valence-electron chi connectivity index (χ0n) is 13.9. The molecule has 1 unspecified atom stereocenters. The molecule has 2 amide bonds. The lowest BCUT2D eigenvalue weighted by Crippen LogP contribution is -2.34. The van der Waals surface area contributed by atoms with Crippen LogP contribution in [-0.2, 0) is 14.3 Å². The quantitative estimate of drug-likeness (QED) is 0.753. The molecule has 25 heavy (non-hydrogen) atoms. The van der Waals surface area contributed by atoms with Crippen LogP contribution in [0, 0.1) is 0 Å². The fourth-order valence-electron chi connectivity index (χ4n) is 2.15. The topological polar surface area (TPSA) is 84.5 Å². The summed E-state index contributed by atoms with van der Waals surface area (Å²) in [6, 6.07) is 17.8. The van der Waals surface area contributed by atoms with Gasteiger partial charge in [-0.2, -0.15) is 0 Å². The first-order valence-corrected chi connectivity index (χ1v) is 7.89. The van der Waals surface area contributed by atoms with Gasteiger partial charge in [-0.3, -0.25) is 14.4 Å². The van der Waals surface area contributed by atoms with Gasteiger partial charge in [-0.15, -0.1) is 0 Å². The largest absolute Gasteiger partial charge is 0.454 e. The number of nitrogens with one attached hydrogen (secondary N) is 2. The van der Waals surface area contributed by atoms with Crippen LogP contribution in [0.1, 0.15) is 28.9 Å². The molecule has 2 aromatic rings. The zero-order valence-corrected chi connectivity index (χ0v) is 13.9. The zero-order chi connectivity index (χ0) is 18.1. The first-order chi connectivity index (χ1) is 12.1. The second-order valence-corrected chi connectivity index (χ2v) is 5.41. The van der Waals surface area contributed by atoms with Crippen LogP contribution < -0.4 is 10.6 Å². The van der Waals surface area contributed by atoms with Crippen LogP contribution >= 0.6 is 0 Å². The molecule has 2 rings (SSSR count). The lowest BCUT2D eigenvalue weighted by Gasteiger charge is -2.14. The molecule has 6 nitrogen and oxygen atoms in total. The lowest BCUT2D eigenvalue weighted by molar-refractivity contribution is -0.147. The summed E-state index contributed by atoms with van der Waals surface area (Å²) in [5.41, 5.74) is 1.40. The minimum absolute atomic E-state index is 0.190. The molecule has 6 heteroatoms. The van der Waals surface area contributed by atoms with Crippen molar-refractivity contribution in [2.75, 3.05) is 13.2 Å². The average Bonchev–Trinajstić information content (AvgIpc) is 2.65. The average molecular weight is 340 g/mol. The third kappa shape index (κ3) is 6.10. The molecule has 0 radical (unpaired) electrons. The van der Waals surface area contributed by atoms with Gasteiger partial charge in [0, 0.05) is 5.56 Å². The minimum atomic E-state index is -0.674. The molecule has 0 fully saturated rings. The van der Waals surface area contributed by atoms with Crippen molar-refractivity contribution in [1.29, 1.82) is 0 Å². The number of carbonyl (C=O) groups is 3. The molecule has 0 saturated heterocycles. The standard InChI is InChI=1S/C19H20N2O4/c1-14(15-8-4-2-5-9-15)21-17(22)13-25-18(23)12-20-19(24)16-10-6-3-7-11-16/h2-11,14H,12-13H2,1H3,(H,20,24)(H,21,22). The van der Waals surface area contributed by atoms with Crippen LogP contribution in [-0.4, -0.2) is 30.9 Å². The third-order valence-electron chi connectivity index (χ3n) is 3.47. The number of hydrogen-bond acceptors (Lipinski definition) is 4. The highest BCUT2D eigenvalue weighted by atomic mass is 16.5. The molecular formula is C19H20N2O4. The Hall–Kier alpha value is -3.15. The smallest absolute Gasteiger partial charge is 0.325 e. The van der Waals surface area contributed by atoms with Crippen molar-refractivity contribution >= 4 is 17.8 Å². The van der Waals surface area contributed by atoms with Crippen molar-refractivity contribution < 1.29 is 19.1 Å². The van der Waals surface area contributed by atoms with Gasteiger partial charge in [0.2, 0.25) is 0 Å². The normalized spacial score (nSPS) is 11.2. The first-order valence-electron chi connectivity index (χ1n) is 7.89. The Kier molecular flexibility index (Phi) is 6.71. The van der Waals surface area contributed by atoms with Crippen molar-refractivity contribution in [2.24, 2.45) is 0 Å². The highest BCUT2D eigenvalue weighted by Gasteiger charge is 2.13. The van der Waals surface area contributed by atoms with Gasteiger partial charge in [0.15, 0.2) is 6.61 Å². The first kappa shape index (κ1) is 18.2. The molecular weight excluding hydrogens is 320 g/mol. The Morgan fingerprint density at radius 1 is 0.960 bits per heavy atom. The monoisotopic (exact) mass is 340 g/mol.